The monoisotopic (exact) mass is 355 g/mol. The highest BCUT2D eigenvalue weighted by Gasteiger charge is 2.38. The van der Waals surface area contributed by atoms with Crippen LogP contribution in [0, 0.1) is 6.92 Å². The molecule has 23 heavy (non-hydrogen) atoms. The third-order valence-electron chi connectivity index (χ3n) is 3.47. The normalized spacial score (nSPS) is 17.3. The minimum atomic E-state index is -0.545. The molecule has 0 aliphatic carbocycles. The van der Waals surface area contributed by atoms with E-state index in [0.29, 0.717) is 17.1 Å². The van der Waals surface area contributed by atoms with Crippen molar-refractivity contribution >= 4 is 46.9 Å². The number of rotatable bonds is 6. The van der Waals surface area contributed by atoms with Crippen molar-refractivity contribution in [3.8, 4) is 0 Å². The van der Waals surface area contributed by atoms with Gasteiger partial charge in [-0.25, -0.2) is 4.79 Å². The van der Waals surface area contributed by atoms with Gasteiger partial charge in [0.25, 0.3) is 5.91 Å². The Morgan fingerprint density at radius 3 is 2.83 bits per heavy atom. The first-order valence-electron chi connectivity index (χ1n) is 7.09. The van der Waals surface area contributed by atoms with E-state index in [0.717, 1.165) is 16.2 Å². The average molecular weight is 356 g/mol. The van der Waals surface area contributed by atoms with Crippen LogP contribution in [0.5, 0.6) is 0 Å². The second-order valence-electron chi connectivity index (χ2n) is 5.22. The Morgan fingerprint density at radius 2 is 2.17 bits per heavy atom. The van der Waals surface area contributed by atoms with Gasteiger partial charge in [-0.05, 0) is 43.0 Å². The van der Waals surface area contributed by atoms with Gasteiger partial charge >= 0.3 is 6.03 Å². The van der Waals surface area contributed by atoms with Crippen LogP contribution in [0.3, 0.4) is 0 Å². The van der Waals surface area contributed by atoms with Crippen LogP contribution >= 0.6 is 23.4 Å². The molecule has 2 rings (SSSR count). The van der Waals surface area contributed by atoms with Crippen LogP contribution in [0.2, 0.25) is 5.02 Å². The van der Waals surface area contributed by atoms with Gasteiger partial charge < -0.3 is 10.6 Å². The summed E-state index contributed by atoms with van der Waals surface area (Å²) < 4.78 is 0. The first-order chi connectivity index (χ1) is 10.9. The molecule has 0 spiro atoms. The molecule has 1 aliphatic heterocycles. The fourth-order valence-electron chi connectivity index (χ4n) is 2.17. The minimum Gasteiger partial charge on any atom is -0.326 e. The van der Waals surface area contributed by atoms with Crippen molar-refractivity contribution in [2.75, 3.05) is 23.9 Å². The molecule has 124 valence electrons. The molecule has 8 heteroatoms. The SMILES string of the molecule is CSCC[C@H]1NC(=O)N(CC(=O)Nc2ccc(C)c(Cl)c2)C1=O. The number of nitrogens with zero attached hydrogens (tertiary/aromatic N) is 1. The summed E-state index contributed by atoms with van der Waals surface area (Å²) >= 11 is 7.60. The van der Waals surface area contributed by atoms with Crippen LogP contribution < -0.4 is 10.6 Å². The molecule has 1 fully saturated rings. The molecule has 0 aromatic heterocycles. The number of carbonyl (C=O) groups is 3. The highest BCUT2D eigenvalue weighted by molar-refractivity contribution is 7.98. The maximum atomic E-state index is 12.1. The molecule has 0 bridgehead atoms. The molecule has 1 aromatic rings. The lowest BCUT2D eigenvalue weighted by molar-refractivity contribution is -0.130. The Labute approximate surface area is 143 Å². The van der Waals surface area contributed by atoms with Gasteiger partial charge in [-0.15, -0.1) is 0 Å². The molecule has 1 saturated heterocycles. The quantitative estimate of drug-likeness (QED) is 0.767. The fraction of sp³-hybridized carbons (Fsp3) is 0.400. The van der Waals surface area contributed by atoms with Crippen LogP contribution in [-0.4, -0.2) is 47.3 Å². The van der Waals surface area contributed by atoms with Crippen LogP contribution in [0.4, 0.5) is 10.5 Å². The van der Waals surface area contributed by atoms with E-state index in [2.05, 4.69) is 10.6 Å². The molecule has 0 saturated carbocycles. The van der Waals surface area contributed by atoms with Crippen molar-refractivity contribution in [1.82, 2.24) is 10.2 Å². The molecule has 6 nitrogen and oxygen atoms in total. The van der Waals surface area contributed by atoms with Crippen LogP contribution in [0.1, 0.15) is 12.0 Å². The van der Waals surface area contributed by atoms with E-state index in [1.807, 2.05) is 13.2 Å². The van der Waals surface area contributed by atoms with Crippen LogP contribution in [-0.2, 0) is 9.59 Å². The predicted octanol–water partition coefficient (Wildman–Crippen LogP) is 2.26. The maximum absolute atomic E-state index is 12.1. The number of imide groups is 1. The Morgan fingerprint density at radius 1 is 1.43 bits per heavy atom. The summed E-state index contributed by atoms with van der Waals surface area (Å²) in [5, 5.41) is 5.77. The van der Waals surface area contributed by atoms with Gasteiger partial charge in [0.1, 0.15) is 12.6 Å². The third-order valence-corrected chi connectivity index (χ3v) is 4.53. The van der Waals surface area contributed by atoms with Gasteiger partial charge in [0, 0.05) is 10.7 Å². The topological polar surface area (TPSA) is 78.5 Å². The summed E-state index contributed by atoms with van der Waals surface area (Å²) in [5.41, 5.74) is 1.42. The summed E-state index contributed by atoms with van der Waals surface area (Å²) in [6, 6.07) is 4.05. The standard InChI is InChI=1S/C15H18ClN3O3S/c1-9-3-4-10(7-11(9)16)17-13(20)8-19-14(21)12(5-6-23-2)18-15(19)22/h3-4,7,12H,5-6,8H2,1-2H3,(H,17,20)(H,18,22)/t12-/m1/s1. The second kappa shape index (κ2) is 7.70. The molecular formula is C15H18ClN3O3S. The lowest BCUT2D eigenvalue weighted by atomic mass is 10.2. The predicted molar refractivity (Wildman–Crippen MR) is 91.9 cm³/mol. The van der Waals surface area contributed by atoms with Gasteiger partial charge in [0.05, 0.1) is 0 Å². The van der Waals surface area contributed by atoms with Crippen molar-refractivity contribution in [3.05, 3.63) is 28.8 Å². The first kappa shape index (κ1) is 17.6. The van der Waals surface area contributed by atoms with Gasteiger partial charge in [0.15, 0.2) is 0 Å². The number of nitrogens with one attached hydrogen (secondary N) is 2. The van der Waals surface area contributed by atoms with Crippen LogP contribution in [0.15, 0.2) is 18.2 Å². The first-order valence-corrected chi connectivity index (χ1v) is 8.86. The number of anilines is 1. The summed E-state index contributed by atoms with van der Waals surface area (Å²) in [6.07, 6.45) is 2.48. The van der Waals surface area contributed by atoms with Crippen molar-refractivity contribution in [2.45, 2.75) is 19.4 Å². The highest BCUT2D eigenvalue weighted by atomic mass is 35.5. The number of aryl methyl sites for hydroxylation is 1. The zero-order valence-corrected chi connectivity index (χ0v) is 14.5. The number of hydrogen-bond acceptors (Lipinski definition) is 4. The van der Waals surface area contributed by atoms with E-state index in [9.17, 15) is 14.4 Å². The van der Waals surface area contributed by atoms with E-state index in [1.165, 1.54) is 0 Å². The van der Waals surface area contributed by atoms with Crippen molar-refractivity contribution in [1.29, 1.82) is 0 Å². The van der Waals surface area contributed by atoms with Gasteiger partial charge in [-0.3, -0.25) is 14.5 Å². The summed E-state index contributed by atoms with van der Waals surface area (Å²) in [7, 11) is 0. The van der Waals surface area contributed by atoms with E-state index >= 15 is 0 Å². The molecule has 1 atom stereocenters. The van der Waals surface area contributed by atoms with Crippen LogP contribution in [0.25, 0.3) is 0 Å². The Kier molecular flexibility index (Phi) is 5.90. The molecule has 0 unspecified atom stereocenters. The summed E-state index contributed by atoms with van der Waals surface area (Å²) in [6.45, 7) is 1.54. The average Bonchev–Trinajstić information content (AvgIpc) is 2.76. The number of amides is 4. The maximum Gasteiger partial charge on any atom is 0.325 e. The molecule has 0 radical (unpaired) electrons. The van der Waals surface area contributed by atoms with E-state index < -0.39 is 18.0 Å². The van der Waals surface area contributed by atoms with Crippen molar-refractivity contribution in [3.63, 3.8) is 0 Å². The Balaban J connectivity index is 1.95. The zero-order valence-electron chi connectivity index (χ0n) is 12.9. The molecule has 1 heterocycles. The fourth-order valence-corrected chi connectivity index (χ4v) is 2.82. The molecule has 1 aromatic carbocycles. The van der Waals surface area contributed by atoms with Gasteiger partial charge in [0.2, 0.25) is 5.91 Å². The molecule has 2 N–H and O–H groups in total. The number of benzene rings is 1. The number of halogens is 1. The number of carbonyl (C=O) groups excluding carboxylic acids is 3. The smallest absolute Gasteiger partial charge is 0.325 e. The van der Waals surface area contributed by atoms with E-state index in [1.54, 1.807) is 30.0 Å². The van der Waals surface area contributed by atoms with Gasteiger partial charge in [-0.2, -0.15) is 11.8 Å². The Hall–Kier alpha value is -1.73. The second-order valence-corrected chi connectivity index (χ2v) is 6.61. The lowest BCUT2D eigenvalue weighted by Gasteiger charge is -2.13. The minimum absolute atomic E-state index is 0.314. The highest BCUT2D eigenvalue weighted by Crippen LogP contribution is 2.20. The number of urea groups is 1. The Bertz CT molecular complexity index is 638. The lowest BCUT2D eigenvalue weighted by Crippen LogP contribution is -2.38. The largest absolute Gasteiger partial charge is 0.326 e. The molecular weight excluding hydrogens is 338 g/mol. The van der Waals surface area contributed by atoms with Gasteiger partial charge in [-0.1, -0.05) is 17.7 Å². The third kappa shape index (κ3) is 4.39. The van der Waals surface area contributed by atoms with E-state index in [-0.39, 0.29) is 12.5 Å². The molecule has 1 aliphatic rings. The number of hydrogen-bond donors (Lipinski definition) is 2. The van der Waals surface area contributed by atoms with E-state index in [4.69, 9.17) is 11.6 Å². The van der Waals surface area contributed by atoms with Crippen molar-refractivity contribution in [2.24, 2.45) is 0 Å². The molecule has 4 amide bonds. The zero-order chi connectivity index (χ0) is 17.0. The van der Waals surface area contributed by atoms with Crippen molar-refractivity contribution < 1.29 is 14.4 Å². The summed E-state index contributed by atoms with van der Waals surface area (Å²) in [4.78, 5) is 37.0. The summed E-state index contributed by atoms with van der Waals surface area (Å²) in [5.74, 6) is -0.0430. The number of thioether (sulfide) groups is 1.